The van der Waals surface area contributed by atoms with Gasteiger partial charge >= 0.3 is 0 Å². The van der Waals surface area contributed by atoms with Crippen LogP contribution in [0.5, 0.6) is 0 Å². The molecule has 22 heavy (non-hydrogen) atoms. The van der Waals surface area contributed by atoms with E-state index in [9.17, 15) is 8.78 Å². The minimum Gasteiger partial charge on any atom is -0.183 e. The van der Waals surface area contributed by atoms with Gasteiger partial charge in [0.2, 0.25) is 0 Å². The molecule has 0 saturated heterocycles. The first-order chi connectivity index (χ1) is 10.7. The summed E-state index contributed by atoms with van der Waals surface area (Å²) in [5, 5.41) is 8.41. The molecule has 0 heterocycles. The number of benzene rings is 2. The van der Waals surface area contributed by atoms with Crippen molar-refractivity contribution in [3.8, 4) is 29.0 Å². The van der Waals surface area contributed by atoms with Crippen molar-refractivity contribution in [1.82, 2.24) is 0 Å². The van der Waals surface area contributed by atoms with Crippen LogP contribution in [-0.4, -0.2) is 0 Å². The smallest absolute Gasteiger partial charge is 0.183 e. The summed E-state index contributed by atoms with van der Waals surface area (Å²) < 4.78 is 23.9. The summed E-state index contributed by atoms with van der Waals surface area (Å²) in [6.07, 6.45) is 0.250. The van der Waals surface area contributed by atoms with Gasteiger partial charge in [-0.3, -0.25) is 0 Å². The molecule has 0 unspecified atom stereocenters. The summed E-state index contributed by atoms with van der Waals surface area (Å²) in [6.45, 7) is 0. The Labute approximate surface area is 128 Å². The molecule has 3 heteroatoms. The maximum absolute atomic E-state index is 12.0. The lowest BCUT2D eigenvalue weighted by Crippen LogP contribution is -1.85. The molecule has 0 aliphatic heterocycles. The van der Waals surface area contributed by atoms with Gasteiger partial charge in [0, 0.05) is 11.5 Å². The van der Waals surface area contributed by atoms with Crippen LogP contribution in [0, 0.1) is 23.2 Å². The molecule has 0 saturated carbocycles. The van der Waals surface area contributed by atoms with Gasteiger partial charge in [-0.25, -0.2) is 0 Å². The average Bonchev–Trinajstić information content (AvgIpc) is 2.54. The van der Waals surface area contributed by atoms with Gasteiger partial charge in [-0.15, -0.1) is 0 Å². The minimum atomic E-state index is -1.63. The Hall–Kier alpha value is -2.91. The molecular formula is C19H13F2N. The van der Waals surface area contributed by atoms with E-state index in [0.29, 0.717) is 12.8 Å². The molecule has 108 valence electrons. The summed E-state index contributed by atoms with van der Waals surface area (Å²) in [5.74, 6) is 5.09. The van der Waals surface area contributed by atoms with Crippen molar-refractivity contribution >= 4 is 0 Å². The Morgan fingerprint density at radius 1 is 0.955 bits per heavy atom. The van der Waals surface area contributed by atoms with Gasteiger partial charge in [-0.2, -0.15) is 14.0 Å². The van der Waals surface area contributed by atoms with E-state index in [1.807, 2.05) is 48.5 Å². The zero-order valence-electron chi connectivity index (χ0n) is 11.8. The first-order valence-electron chi connectivity index (χ1n) is 6.79. The number of rotatable bonds is 4. The van der Waals surface area contributed by atoms with E-state index in [0.717, 1.165) is 28.3 Å². The summed E-state index contributed by atoms with van der Waals surface area (Å²) in [7, 11) is 0. The molecule has 0 aliphatic carbocycles. The van der Waals surface area contributed by atoms with Crippen LogP contribution in [0.3, 0.4) is 0 Å². The lowest BCUT2D eigenvalue weighted by atomic mass is 10.0. The predicted molar refractivity (Wildman–Crippen MR) is 83.0 cm³/mol. The van der Waals surface area contributed by atoms with E-state index < -0.39 is 6.08 Å². The van der Waals surface area contributed by atoms with Crippen molar-refractivity contribution in [1.29, 1.82) is 5.26 Å². The van der Waals surface area contributed by atoms with Crippen molar-refractivity contribution in [2.24, 2.45) is 0 Å². The summed E-state index contributed by atoms with van der Waals surface area (Å²) in [5.41, 5.74) is 3.92. The number of halogens is 2. The fourth-order valence-corrected chi connectivity index (χ4v) is 2.06. The quantitative estimate of drug-likeness (QED) is 0.732. The molecule has 0 radical (unpaired) electrons. The fourth-order valence-electron chi connectivity index (χ4n) is 2.06. The fraction of sp³-hybridized carbons (Fsp3) is 0.105. The van der Waals surface area contributed by atoms with Crippen LogP contribution >= 0.6 is 0 Å². The number of hydrogen-bond donors (Lipinski definition) is 0. The van der Waals surface area contributed by atoms with Gasteiger partial charge in [-0.05, 0) is 47.7 Å². The van der Waals surface area contributed by atoms with Crippen molar-refractivity contribution in [3.63, 3.8) is 0 Å². The maximum Gasteiger partial charge on any atom is 0.266 e. The highest BCUT2D eigenvalue weighted by molar-refractivity contribution is 5.64. The lowest BCUT2D eigenvalue weighted by molar-refractivity contribution is 0.417. The van der Waals surface area contributed by atoms with Gasteiger partial charge in [0.15, 0.2) is 6.07 Å². The van der Waals surface area contributed by atoms with Crippen molar-refractivity contribution in [3.05, 3.63) is 71.8 Å². The van der Waals surface area contributed by atoms with Gasteiger partial charge < -0.3 is 0 Å². The third-order valence-electron chi connectivity index (χ3n) is 3.17. The third-order valence-corrected chi connectivity index (χ3v) is 3.17. The van der Waals surface area contributed by atoms with Crippen LogP contribution in [0.15, 0.2) is 60.7 Å². The lowest BCUT2D eigenvalue weighted by Gasteiger charge is -2.04. The predicted octanol–water partition coefficient (Wildman–Crippen LogP) is 4.94. The van der Waals surface area contributed by atoms with Crippen LogP contribution < -0.4 is 0 Å². The largest absolute Gasteiger partial charge is 0.266 e. The number of allylic oxidation sites excluding steroid dienone is 1. The van der Waals surface area contributed by atoms with Crippen LogP contribution in [0.25, 0.3) is 11.1 Å². The standard InChI is InChI=1S/C19H13F2N/c20-19(21)5-1-3-15-6-10-17(11-7-15)18-12-8-16(9-13-18)4-2-14-22/h5-13H,1,3H2. The normalized spacial score (nSPS) is 9.32. The zero-order chi connectivity index (χ0) is 15.8. The molecule has 0 N–H and O–H groups in total. The van der Waals surface area contributed by atoms with E-state index in [1.54, 1.807) is 6.07 Å². The van der Waals surface area contributed by atoms with Gasteiger partial charge in [0.25, 0.3) is 6.08 Å². The van der Waals surface area contributed by atoms with E-state index in [2.05, 4.69) is 11.8 Å². The molecule has 2 rings (SSSR count). The number of nitriles is 1. The highest BCUT2D eigenvalue weighted by atomic mass is 19.3. The topological polar surface area (TPSA) is 23.8 Å². The molecule has 0 aliphatic rings. The highest BCUT2D eigenvalue weighted by Gasteiger charge is 1.99. The van der Waals surface area contributed by atoms with Crippen molar-refractivity contribution in [2.75, 3.05) is 0 Å². The molecule has 2 aromatic rings. The van der Waals surface area contributed by atoms with Crippen LogP contribution in [-0.2, 0) is 6.42 Å². The van der Waals surface area contributed by atoms with Crippen LogP contribution in [0.4, 0.5) is 8.78 Å². The van der Waals surface area contributed by atoms with Gasteiger partial charge in [0.1, 0.15) is 0 Å². The Morgan fingerprint density at radius 3 is 2.09 bits per heavy atom. The summed E-state index contributed by atoms with van der Waals surface area (Å²) in [4.78, 5) is 0. The van der Waals surface area contributed by atoms with Crippen molar-refractivity contribution in [2.45, 2.75) is 12.8 Å². The van der Waals surface area contributed by atoms with Gasteiger partial charge in [0.05, 0.1) is 0 Å². The first-order valence-corrected chi connectivity index (χ1v) is 6.79. The molecule has 0 bridgehead atoms. The molecule has 0 amide bonds. The SMILES string of the molecule is N#CC#Cc1ccc(-c2ccc(CCC=C(F)F)cc2)cc1. The molecule has 0 fully saturated rings. The Balaban J connectivity index is 2.07. The number of nitrogens with zero attached hydrogens (tertiary/aromatic N) is 1. The molecule has 1 nitrogen and oxygen atoms in total. The molecular weight excluding hydrogens is 280 g/mol. The maximum atomic E-state index is 12.0. The molecule has 0 spiro atoms. The van der Waals surface area contributed by atoms with E-state index in [4.69, 9.17) is 5.26 Å². The van der Waals surface area contributed by atoms with E-state index in [1.165, 1.54) is 0 Å². The molecule has 0 atom stereocenters. The second-order valence-electron chi connectivity index (χ2n) is 4.67. The molecule has 2 aromatic carbocycles. The second-order valence-corrected chi connectivity index (χ2v) is 4.67. The van der Waals surface area contributed by atoms with E-state index >= 15 is 0 Å². The van der Waals surface area contributed by atoms with E-state index in [-0.39, 0.29) is 0 Å². The number of hydrogen-bond acceptors (Lipinski definition) is 1. The Bertz CT molecular complexity index is 750. The average molecular weight is 293 g/mol. The van der Waals surface area contributed by atoms with Gasteiger partial charge in [-0.1, -0.05) is 42.3 Å². The third kappa shape index (κ3) is 4.58. The summed E-state index contributed by atoms with van der Waals surface area (Å²) in [6, 6.07) is 17.2. The molecule has 0 aromatic heterocycles. The monoisotopic (exact) mass is 293 g/mol. The first kappa shape index (κ1) is 15.5. The minimum absolute atomic E-state index is 0.341. The second kappa shape index (κ2) is 7.76. The number of aryl methyl sites for hydroxylation is 1. The Kier molecular flexibility index (Phi) is 5.46. The Morgan fingerprint density at radius 2 is 1.55 bits per heavy atom. The summed E-state index contributed by atoms with van der Waals surface area (Å²) >= 11 is 0. The van der Waals surface area contributed by atoms with Crippen LogP contribution in [0.2, 0.25) is 0 Å². The highest BCUT2D eigenvalue weighted by Crippen LogP contribution is 2.21. The van der Waals surface area contributed by atoms with Crippen LogP contribution in [0.1, 0.15) is 17.5 Å². The van der Waals surface area contributed by atoms with Crippen molar-refractivity contribution < 1.29 is 8.78 Å². The zero-order valence-corrected chi connectivity index (χ0v) is 11.8.